The number of carbonyl (C=O) groups excluding carboxylic acids is 1. The number of Topliss-reactive ketones (excluding diaryl/α,β-unsaturated/α-hetero) is 1. The zero-order chi connectivity index (χ0) is 15.0. The smallest absolute Gasteiger partial charge is 0.293 e. The largest absolute Gasteiger partial charge is 0.407 e. The third-order valence-electron chi connectivity index (χ3n) is 2.11. The van der Waals surface area contributed by atoms with E-state index in [2.05, 4.69) is 0 Å². The summed E-state index contributed by atoms with van der Waals surface area (Å²) >= 11 is 0. The third-order valence-corrected chi connectivity index (χ3v) is 2.11. The van der Waals surface area contributed by atoms with Gasteiger partial charge in [-0.05, 0) is 12.1 Å². The SMILES string of the molecule is O=C(c1ccc(F)cc1F)C(C(F)(F)F)C(F)(F)F. The molecule has 1 nitrogen and oxygen atoms in total. The van der Waals surface area contributed by atoms with E-state index >= 15 is 0 Å². The highest BCUT2D eigenvalue weighted by molar-refractivity contribution is 5.99. The van der Waals surface area contributed by atoms with Crippen molar-refractivity contribution < 1.29 is 39.9 Å². The Kier molecular flexibility index (Phi) is 3.87. The van der Waals surface area contributed by atoms with E-state index in [1.54, 1.807) is 0 Å². The van der Waals surface area contributed by atoms with E-state index < -0.39 is 41.3 Å². The van der Waals surface area contributed by atoms with Crippen LogP contribution in [0.1, 0.15) is 10.4 Å². The zero-order valence-corrected chi connectivity index (χ0v) is 8.74. The molecule has 0 aromatic heterocycles. The Bertz CT molecular complexity index is 473. The van der Waals surface area contributed by atoms with E-state index in [1.165, 1.54) is 0 Å². The molecule has 0 radical (unpaired) electrons. The van der Waals surface area contributed by atoms with Gasteiger partial charge in [-0.2, -0.15) is 26.3 Å². The van der Waals surface area contributed by atoms with Crippen LogP contribution in [0.25, 0.3) is 0 Å². The van der Waals surface area contributed by atoms with Crippen molar-refractivity contribution in [2.45, 2.75) is 12.4 Å². The highest BCUT2D eigenvalue weighted by atomic mass is 19.4. The third kappa shape index (κ3) is 3.42. The molecule has 0 aliphatic carbocycles. The minimum atomic E-state index is -5.92. The van der Waals surface area contributed by atoms with Crippen LogP contribution in [0.4, 0.5) is 35.1 Å². The fourth-order valence-electron chi connectivity index (χ4n) is 1.33. The molecule has 0 amide bonds. The van der Waals surface area contributed by atoms with Crippen LogP contribution in [-0.4, -0.2) is 18.1 Å². The molecule has 0 fully saturated rings. The summed E-state index contributed by atoms with van der Waals surface area (Å²) in [6, 6.07) is 0.647. The van der Waals surface area contributed by atoms with Crippen LogP contribution in [0.15, 0.2) is 18.2 Å². The van der Waals surface area contributed by atoms with Gasteiger partial charge in [-0.25, -0.2) is 8.78 Å². The Balaban J connectivity index is 3.29. The van der Waals surface area contributed by atoms with E-state index in [0.29, 0.717) is 6.07 Å². The molecule has 0 aliphatic rings. The van der Waals surface area contributed by atoms with Gasteiger partial charge >= 0.3 is 12.4 Å². The maximum absolute atomic E-state index is 13.0. The molecule has 0 aliphatic heterocycles. The van der Waals surface area contributed by atoms with Crippen LogP contribution in [0.2, 0.25) is 0 Å². The van der Waals surface area contributed by atoms with Crippen LogP contribution < -0.4 is 0 Å². The summed E-state index contributed by atoms with van der Waals surface area (Å²) < 4.78 is 98.9. The molecule has 1 rings (SSSR count). The second kappa shape index (κ2) is 4.78. The fraction of sp³-hybridized carbons (Fsp3) is 0.300. The summed E-state index contributed by atoms with van der Waals surface area (Å²) in [7, 11) is 0. The molecule has 0 saturated carbocycles. The lowest BCUT2D eigenvalue weighted by Crippen LogP contribution is -2.42. The highest BCUT2D eigenvalue weighted by Crippen LogP contribution is 2.41. The molecular weight excluding hydrogens is 288 g/mol. The Morgan fingerprint density at radius 3 is 1.79 bits per heavy atom. The summed E-state index contributed by atoms with van der Waals surface area (Å²) in [4.78, 5) is 11.2. The molecular formula is C10H4F8O. The van der Waals surface area contributed by atoms with Crippen molar-refractivity contribution in [1.82, 2.24) is 0 Å². The highest BCUT2D eigenvalue weighted by Gasteiger charge is 2.61. The predicted octanol–water partition coefficient (Wildman–Crippen LogP) is 3.89. The number of hydrogen-bond acceptors (Lipinski definition) is 1. The van der Waals surface area contributed by atoms with Crippen molar-refractivity contribution in [3.63, 3.8) is 0 Å². The van der Waals surface area contributed by atoms with Crippen LogP contribution in [-0.2, 0) is 0 Å². The Morgan fingerprint density at radius 2 is 1.42 bits per heavy atom. The van der Waals surface area contributed by atoms with Crippen LogP contribution in [0, 0.1) is 17.6 Å². The second-order valence-corrected chi connectivity index (χ2v) is 3.50. The van der Waals surface area contributed by atoms with Gasteiger partial charge in [0, 0.05) is 6.07 Å². The van der Waals surface area contributed by atoms with Crippen LogP contribution in [0.5, 0.6) is 0 Å². The van der Waals surface area contributed by atoms with Gasteiger partial charge in [0.2, 0.25) is 5.92 Å². The van der Waals surface area contributed by atoms with Gasteiger partial charge in [-0.15, -0.1) is 0 Å². The summed E-state index contributed by atoms with van der Waals surface area (Å²) in [6.07, 6.45) is -11.8. The quantitative estimate of drug-likeness (QED) is 0.597. The number of hydrogen-bond donors (Lipinski definition) is 0. The first-order chi connectivity index (χ1) is 8.44. The summed E-state index contributed by atoms with van der Waals surface area (Å²) in [5, 5.41) is 0. The number of rotatable bonds is 2. The molecule has 106 valence electrons. The number of halogens is 8. The van der Waals surface area contributed by atoms with Gasteiger partial charge in [0.1, 0.15) is 11.6 Å². The summed E-state index contributed by atoms with van der Waals surface area (Å²) in [5.41, 5.74) is -1.47. The van der Waals surface area contributed by atoms with Gasteiger partial charge in [0.25, 0.3) is 0 Å². The van der Waals surface area contributed by atoms with Crippen molar-refractivity contribution in [2.75, 3.05) is 0 Å². The molecule has 0 bridgehead atoms. The Hall–Kier alpha value is -1.67. The van der Waals surface area contributed by atoms with E-state index in [1.807, 2.05) is 0 Å². The van der Waals surface area contributed by atoms with Gasteiger partial charge in [0.05, 0.1) is 5.56 Å². The van der Waals surface area contributed by atoms with Crippen LogP contribution in [0.3, 0.4) is 0 Å². The van der Waals surface area contributed by atoms with Gasteiger partial charge in [-0.1, -0.05) is 0 Å². The molecule has 9 heteroatoms. The average Bonchev–Trinajstić information content (AvgIpc) is 2.11. The first-order valence-corrected chi connectivity index (χ1v) is 4.57. The second-order valence-electron chi connectivity index (χ2n) is 3.50. The van der Waals surface area contributed by atoms with E-state index in [4.69, 9.17) is 0 Å². The number of benzene rings is 1. The molecule has 0 heterocycles. The van der Waals surface area contributed by atoms with E-state index in [-0.39, 0.29) is 12.1 Å². The Labute approximate surface area is 100 Å². The molecule has 0 unspecified atom stereocenters. The molecule has 0 atom stereocenters. The standard InChI is InChI=1S/C10H4F8O/c11-4-1-2-5(6(12)3-4)7(19)8(9(13,14)15)10(16,17)18/h1-3,8H. The lowest BCUT2D eigenvalue weighted by atomic mass is 9.96. The van der Waals surface area contributed by atoms with Crippen molar-refractivity contribution in [3.05, 3.63) is 35.4 Å². The minimum absolute atomic E-state index is 0.0248. The van der Waals surface area contributed by atoms with Crippen molar-refractivity contribution in [3.8, 4) is 0 Å². The monoisotopic (exact) mass is 292 g/mol. The molecule has 1 aromatic carbocycles. The summed E-state index contributed by atoms with van der Waals surface area (Å²) in [5.74, 6) is -9.88. The Morgan fingerprint density at radius 1 is 0.947 bits per heavy atom. The minimum Gasteiger partial charge on any atom is -0.293 e. The summed E-state index contributed by atoms with van der Waals surface area (Å²) in [6.45, 7) is 0. The van der Waals surface area contributed by atoms with E-state index in [0.717, 1.165) is 0 Å². The van der Waals surface area contributed by atoms with Crippen molar-refractivity contribution >= 4 is 5.78 Å². The number of carbonyl (C=O) groups is 1. The normalized spacial score (nSPS) is 12.9. The number of ketones is 1. The average molecular weight is 292 g/mol. The van der Waals surface area contributed by atoms with Crippen LogP contribution >= 0.6 is 0 Å². The topological polar surface area (TPSA) is 17.1 Å². The predicted molar refractivity (Wildman–Crippen MR) is 46.3 cm³/mol. The maximum Gasteiger partial charge on any atom is 0.407 e. The molecule has 0 N–H and O–H groups in total. The first-order valence-electron chi connectivity index (χ1n) is 4.57. The van der Waals surface area contributed by atoms with Gasteiger partial charge < -0.3 is 0 Å². The maximum atomic E-state index is 13.0. The zero-order valence-electron chi connectivity index (χ0n) is 8.74. The van der Waals surface area contributed by atoms with Crippen molar-refractivity contribution in [1.29, 1.82) is 0 Å². The lowest BCUT2D eigenvalue weighted by molar-refractivity contribution is -0.264. The van der Waals surface area contributed by atoms with Gasteiger partial charge in [0.15, 0.2) is 5.78 Å². The van der Waals surface area contributed by atoms with E-state index in [9.17, 15) is 39.9 Å². The van der Waals surface area contributed by atoms with Gasteiger partial charge in [-0.3, -0.25) is 4.79 Å². The molecule has 1 aromatic rings. The molecule has 0 spiro atoms. The molecule has 19 heavy (non-hydrogen) atoms. The van der Waals surface area contributed by atoms with Crippen molar-refractivity contribution in [2.24, 2.45) is 5.92 Å². The first kappa shape index (κ1) is 15.4. The lowest BCUT2D eigenvalue weighted by Gasteiger charge is -2.21. The fourth-order valence-corrected chi connectivity index (χ4v) is 1.33. The number of alkyl halides is 6. The molecule has 0 saturated heterocycles.